The number of aliphatic hydroxyl groups excluding tert-OH is 2. The zero-order valence-electron chi connectivity index (χ0n) is 9.88. The quantitative estimate of drug-likeness (QED) is 0.701. The SMILES string of the molecule is COc1cc(O)cc(C[C@H](O)C[C@H](O)C(Cl)Cl)c1. The molecular weight excluding hydrogens is 279 g/mol. The van der Waals surface area contributed by atoms with Crippen molar-refractivity contribution >= 4 is 23.2 Å². The van der Waals surface area contributed by atoms with Crippen LogP contribution in [0, 0.1) is 0 Å². The van der Waals surface area contributed by atoms with Crippen molar-refractivity contribution in [3.63, 3.8) is 0 Å². The predicted molar refractivity (Wildman–Crippen MR) is 70.5 cm³/mol. The summed E-state index contributed by atoms with van der Waals surface area (Å²) >= 11 is 11.0. The summed E-state index contributed by atoms with van der Waals surface area (Å²) in [6, 6.07) is 4.70. The Labute approximate surface area is 116 Å². The van der Waals surface area contributed by atoms with Crippen LogP contribution in [-0.2, 0) is 6.42 Å². The van der Waals surface area contributed by atoms with E-state index in [4.69, 9.17) is 27.9 Å². The lowest BCUT2D eigenvalue weighted by molar-refractivity contribution is 0.0878. The maximum atomic E-state index is 9.78. The summed E-state index contributed by atoms with van der Waals surface area (Å²) in [5.74, 6) is 0.565. The van der Waals surface area contributed by atoms with Crippen LogP contribution in [-0.4, -0.2) is 39.5 Å². The van der Waals surface area contributed by atoms with Gasteiger partial charge >= 0.3 is 0 Å². The zero-order valence-corrected chi connectivity index (χ0v) is 11.4. The number of benzene rings is 1. The lowest BCUT2D eigenvalue weighted by Gasteiger charge is -2.16. The minimum Gasteiger partial charge on any atom is -0.508 e. The molecule has 0 aliphatic rings. The van der Waals surface area contributed by atoms with Gasteiger partial charge in [0.15, 0.2) is 0 Å². The standard InChI is InChI=1S/C12H16Cl2O4/c1-18-10-4-7(2-8(15)5-10)3-9(16)6-11(17)12(13)14/h2,4-5,9,11-12,15-17H,3,6H2,1H3/t9-,11-/m0/s1. The molecule has 1 rings (SSSR count). The third kappa shape index (κ3) is 4.90. The molecule has 1 aromatic carbocycles. The average molecular weight is 295 g/mol. The van der Waals surface area contributed by atoms with E-state index in [1.807, 2.05) is 0 Å². The normalized spacial score (nSPS) is 14.6. The summed E-state index contributed by atoms with van der Waals surface area (Å²) in [4.78, 5) is -0.932. The van der Waals surface area contributed by atoms with Crippen LogP contribution in [0.25, 0.3) is 0 Å². The van der Waals surface area contributed by atoms with Crippen molar-refractivity contribution in [3.05, 3.63) is 23.8 Å². The molecule has 102 valence electrons. The molecular formula is C12H16Cl2O4. The Hall–Kier alpha value is -0.680. The molecule has 0 aliphatic carbocycles. The van der Waals surface area contributed by atoms with E-state index in [1.165, 1.54) is 19.2 Å². The number of rotatable bonds is 6. The fraction of sp³-hybridized carbons (Fsp3) is 0.500. The Morgan fingerprint density at radius 2 is 1.89 bits per heavy atom. The van der Waals surface area contributed by atoms with Gasteiger partial charge in [-0.25, -0.2) is 0 Å². The monoisotopic (exact) mass is 294 g/mol. The van der Waals surface area contributed by atoms with Crippen LogP contribution in [0.4, 0.5) is 0 Å². The fourth-order valence-electron chi connectivity index (χ4n) is 1.62. The number of methoxy groups -OCH3 is 1. The summed E-state index contributed by atoms with van der Waals surface area (Å²) < 4.78 is 5.00. The molecule has 0 radical (unpaired) electrons. The first-order valence-electron chi connectivity index (χ1n) is 5.43. The number of phenolic OH excluding ortho intramolecular Hbond substituents is 1. The highest BCUT2D eigenvalue weighted by atomic mass is 35.5. The van der Waals surface area contributed by atoms with Crippen molar-refractivity contribution in [2.75, 3.05) is 7.11 Å². The molecule has 0 saturated carbocycles. The molecule has 4 nitrogen and oxygen atoms in total. The topological polar surface area (TPSA) is 69.9 Å². The van der Waals surface area contributed by atoms with Gasteiger partial charge in [-0.2, -0.15) is 0 Å². The van der Waals surface area contributed by atoms with Gasteiger partial charge in [0.25, 0.3) is 0 Å². The van der Waals surface area contributed by atoms with Gasteiger partial charge in [-0.1, -0.05) is 0 Å². The van der Waals surface area contributed by atoms with Gasteiger partial charge < -0.3 is 20.1 Å². The molecule has 18 heavy (non-hydrogen) atoms. The van der Waals surface area contributed by atoms with Crippen LogP contribution >= 0.6 is 23.2 Å². The molecule has 0 fully saturated rings. The maximum Gasteiger partial charge on any atom is 0.133 e. The molecule has 0 unspecified atom stereocenters. The largest absolute Gasteiger partial charge is 0.508 e. The molecule has 0 spiro atoms. The van der Waals surface area contributed by atoms with E-state index in [0.29, 0.717) is 11.3 Å². The number of hydrogen-bond acceptors (Lipinski definition) is 4. The Kier molecular flexibility index (Phi) is 6.02. The van der Waals surface area contributed by atoms with Gasteiger partial charge in [-0.15, -0.1) is 23.2 Å². The minimum atomic E-state index is -0.984. The van der Waals surface area contributed by atoms with Crippen LogP contribution in [0.2, 0.25) is 0 Å². The highest BCUT2D eigenvalue weighted by Crippen LogP contribution is 2.23. The number of ether oxygens (including phenoxy) is 1. The van der Waals surface area contributed by atoms with Crippen LogP contribution < -0.4 is 4.74 Å². The highest BCUT2D eigenvalue weighted by molar-refractivity contribution is 6.44. The van der Waals surface area contributed by atoms with Crippen molar-refractivity contribution in [2.24, 2.45) is 0 Å². The smallest absolute Gasteiger partial charge is 0.133 e. The van der Waals surface area contributed by atoms with Crippen LogP contribution in [0.15, 0.2) is 18.2 Å². The number of aromatic hydroxyl groups is 1. The van der Waals surface area contributed by atoms with Crippen molar-refractivity contribution in [1.29, 1.82) is 0 Å². The average Bonchev–Trinajstić information content (AvgIpc) is 2.27. The van der Waals surface area contributed by atoms with E-state index in [0.717, 1.165) is 0 Å². The van der Waals surface area contributed by atoms with Gasteiger partial charge in [0.1, 0.15) is 16.3 Å². The van der Waals surface area contributed by atoms with Crippen LogP contribution in [0.5, 0.6) is 11.5 Å². The Morgan fingerprint density at radius 1 is 1.22 bits per heavy atom. The summed E-state index contributed by atoms with van der Waals surface area (Å²) in [5.41, 5.74) is 0.701. The summed E-state index contributed by atoms with van der Waals surface area (Å²) in [6.07, 6.45) is -1.45. The van der Waals surface area contributed by atoms with Gasteiger partial charge in [-0.05, 0) is 24.1 Å². The van der Waals surface area contributed by atoms with E-state index < -0.39 is 17.0 Å². The van der Waals surface area contributed by atoms with Crippen molar-refractivity contribution in [3.8, 4) is 11.5 Å². The van der Waals surface area contributed by atoms with E-state index in [2.05, 4.69) is 0 Å². The molecule has 0 aromatic heterocycles. The van der Waals surface area contributed by atoms with Crippen LogP contribution in [0.3, 0.4) is 0 Å². The number of phenols is 1. The molecule has 0 amide bonds. The molecule has 3 N–H and O–H groups in total. The van der Waals surface area contributed by atoms with E-state index >= 15 is 0 Å². The molecule has 1 aromatic rings. The zero-order chi connectivity index (χ0) is 13.7. The van der Waals surface area contributed by atoms with Gasteiger partial charge in [0.2, 0.25) is 0 Å². The van der Waals surface area contributed by atoms with Crippen molar-refractivity contribution < 1.29 is 20.1 Å². The molecule has 2 atom stereocenters. The summed E-state index contributed by atoms with van der Waals surface area (Å²) in [5, 5.41) is 28.7. The summed E-state index contributed by atoms with van der Waals surface area (Å²) in [7, 11) is 1.49. The van der Waals surface area contributed by atoms with Gasteiger partial charge in [-0.3, -0.25) is 0 Å². The second-order valence-electron chi connectivity index (χ2n) is 4.03. The second-order valence-corrected chi connectivity index (χ2v) is 5.20. The Balaban J connectivity index is 2.63. The maximum absolute atomic E-state index is 9.78. The van der Waals surface area contributed by atoms with Gasteiger partial charge in [0, 0.05) is 12.5 Å². The van der Waals surface area contributed by atoms with E-state index in [9.17, 15) is 15.3 Å². The first-order valence-corrected chi connectivity index (χ1v) is 6.31. The van der Waals surface area contributed by atoms with Gasteiger partial charge in [0.05, 0.1) is 19.3 Å². The third-order valence-electron chi connectivity index (χ3n) is 2.46. The first-order chi connectivity index (χ1) is 8.42. The molecule has 0 saturated heterocycles. The number of aliphatic hydroxyl groups is 2. The van der Waals surface area contributed by atoms with E-state index in [1.54, 1.807) is 6.07 Å². The number of halogens is 2. The number of hydrogen-bond donors (Lipinski definition) is 3. The van der Waals surface area contributed by atoms with Crippen molar-refractivity contribution in [1.82, 2.24) is 0 Å². The Bertz CT molecular complexity index is 384. The molecule has 0 bridgehead atoms. The molecule has 6 heteroatoms. The van der Waals surface area contributed by atoms with Crippen LogP contribution in [0.1, 0.15) is 12.0 Å². The van der Waals surface area contributed by atoms with Crippen molar-refractivity contribution in [2.45, 2.75) is 29.9 Å². The van der Waals surface area contributed by atoms with E-state index in [-0.39, 0.29) is 18.6 Å². The Morgan fingerprint density at radius 3 is 2.44 bits per heavy atom. The number of alkyl halides is 2. The second kappa shape index (κ2) is 7.04. The molecule has 0 heterocycles. The predicted octanol–water partition coefficient (Wildman–Crippen LogP) is 1.86. The molecule has 0 aliphatic heterocycles. The third-order valence-corrected chi connectivity index (χ3v) is 3.04. The lowest BCUT2D eigenvalue weighted by atomic mass is 10.0. The highest BCUT2D eigenvalue weighted by Gasteiger charge is 2.18. The lowest BCUT2D eigenvalue weighted by Crippen LogP contribution is -2.24. The minimum absolute atomic E-state index is 0.0599. The first kappa shape index (κ1) is 15.4. The summed E-state index contributed by atoms with van der Waals surface area (Å²) in [6.45, 7) is 0. The fourth-order valence-corrected chi connectivity index (χ4v) is 1.82.